The van der Waals surface area contributed by atoms with E-state index in [0.29, 0.717) is 23.3 Å². The van der Waals surface area contributed by atoms with Crippen molar-refractivity contribution in [3.05, 3.63) is 28.6 Å². The minimum atomic E-state index is -1.03. The van der Waals surface area contributed by atoms with E-state index in [1.165, 1.54) is 12.2 Å². The molecular weight excluding hydrogens is 302 g/mol. The summed E-state index contributed by atoms with van der Waals surface area (Å²) in [4.78, 5) is 22.3. The van der Waals surface area contributed by atoms with Crippen LogP contribution in [0.5, 0.6) is 0 Å². The van der Waals surface area contributed by atoms with Crippen LogP contribution in [0.15, 0.2) is 27.3 Å². The Kier molecular flexibility index (Phi) is 5.64. The summed E-state index contributed by atoms with van der Waals surface area (Å²) in [6.45, 7) is 1.86. The standard InChI is InChI=1S/C12H14BrNO4/c1-2-3-9(12(16)17)14-11(15)7-5-8-4-6-10(13)18-8/h4-7,9H,2-3H2,1H3,(H,14,15)(H,16,17)/b7-5+. The maximum atomic E-state index is 11.5. The van der Waals surface area contributed by atoms with Gasteiger partial charge >= 0.3 is 5.97 Å². The first-order chi connectivity index (χ1) is 8.52. The topological polar surface area (TPSA) is 79.5 Å². The molecule has 1 rings (SSSR count). The van der Waals surface area contributed by atoms with Crippen molar-refractivity contribution in [1.82, 2.24) is 5.32 Å². The van der Waals surface area contributed by atoms with E-state index in [9.17, 15) is 9.59 Å². The molecule has 0 aliphatic rings. The van der Waals surface area contributed by atoms with Crippen LogP contribution in [0.25, 0.3) is 6.08 Å². The van der Waals surface area contributed by atoms with Gasteiger partial charge in [0.05, 0.1) is 0 Å². The number of carboxylic acid groups (broad SMARTS) is 1. The summed E-state index contributed by atoms with van der Waals surface area (Å²) >= 11 is 3.14. The molecule has 1 aromatic rings. The van der Waals surface area contributed by atoms with Crippen LogP contribution in [-0.4, -0.2) is 23.0 Å². The first kappa shape index (κ1) is 14.5. The molecule has 6 heteroatoms. The van der Waals surface area contributed by atoms with Gasteiger partial charge in [0.2, 0.25) is 5.91 Å². The minimum absolute atomic E-state index is 0.404. The van der Waals surface area contributed by atoms with Crippen molar-refractivity contribution < 1.29 is 19.1 Å². The van der Waals surface area contributed by atoms with Crippen LogP contribution in [0, 0.1) is 0 Å². The van der Waals surface area contributed by atoms with Gasteiger partial charge in [-0.25, -0.2) is 4.79 Å². The van der Waals surface area contributed by atoms with Gasteiger partial charge in [0, 0.05) is 6.08 Å². The number of aliphatic carboxylic acids is 1. The molecule has 1 heterocycles. The Balaban J connectivity index is 2.54. The van der Waals surface area contributed by atoms with Crippen LogP contribution in [0.4, 0.5) is 0 Å². The quantitative estimate of drug-likeness (QED) is 0.790. The summed E-state index contributed by atoms with van der Waals surface area (Å²) in [7, 11) is 0. The van der Waals surface area contributed by atoms with E-state index < -0.39 is 17.9 Å². The van der Waals surface area contributed by atoms with Gasteiger partial charge in [-0.05, 0) is 40.6 Å². The minimum Gasteiger partial charge on any atom is -0.480 e. The van der Waals surface area contributed by atoms with Crippen molar-refractivity contribution in [1.29, 1.82) is 0 Å². The number of furan rings is 1. The molecule has 0 aromatic carbocycles. The monoisotopic (exact) mass is 315 g/mol. The predicted molar refractivity (Wildman–Crippen MR) is 69.9 cm³/mol. The SMILES string of the molecule is CCCC(NC(=O)/C=C/c1ccc(Br)o1)C(=O)O. The number of carboxylic acids is 1. The van der Waals surface area contributed by atoms with Crippen LogP contribution in [0.3, 0.4) is 0 Å². The summed E-state index contributed by atoms with van der Waals surface area (Å²) in [6.07, 6.45) is 3.81. The van der Waals surface area contributed by atoms with Crippen LogP contribution in [-0.2, 0) is 9.59 Å². The van der Waals surface area contributed by atoms with Gasteiger partial charge in [-0.15, -0.1) is 0 Å². The largest absolute Gasteiger partial charge is 0.480 e. The average molecular weight is 316 g/mol. The molecule has 98 valence electrons. The highest BCUT2D eigenvalue weighted by Crippen LogP contribution is 2.14. The molecule has 0 aliphatic heterocycles. The second-order valence-electron chi connectivity index (χ2n) is 3.66. The molecule has 0 radical (unpaired) electrons. The molecule has 1 aromatic heterocycles. The number of hydrogen-bond acceptors (Lipinski definition) is 3. The first-order valence-electron chi connectivity index (χ1n) is 5.49. The summed E-state index contributed by atoms with van der Waals surface area (Å²) in [6, 6.07) is 2.54. The molecule has 1 amide bonds. The molecule has 2 N–H and O–H groups in total. The van der Waals surface area contributed by atoms with Crippen LogP contribution < -0.4 is 5.32 Å². The Morgan fingerprint density at radius 1 is 1.56 bits per heavy atom. The second-order valence-corrected chi connectivity index (χ2v) is 4.44. The Morgan fingerprint density at radius 3 is 2.78 bits per heavy atom. The van der Waals surface area contributed by atoms with Gasteiger partial charge in [0.25, 0.3) is 0 Å². The molecule has 0 bridgehead atoms. The van der Waals surface area contributed by atoms with Crippen molar-refractivity contribution in [2.45, 2.75) is 25.8 Å². The van der Waals surface area contributed by atoms with Crippen LogP contribution in [0.2, 0.25) is 0 Å². The Morgan fingerprint density at radius 2 is 2.28 bits per heavy atom. The van der Waals surface area contributed by atoms with E-state index in [1.54, 1.807) is 12.1 Å². The van der Waals surface area contributed by atoms with E-state index in [1.807, 2.05) is 6.92 Å². The Bertz CT molecular complexity index is 453. The van der Waals surface area contributed by atoms with E-state index in [-0.39, 0.29) is 0 Å². The molecule has 5 nitrogen and oxygen atoms in total. The number of halogens is 1. The zero-order valence-corrected chi connectivity index (χ0v) is 11.4. The molecule has 18 heavy (non-hydrogen) atoms. The summed E-state index contributed by atoms with van der Waals surface area (Å²) < 4.78 is 5.73. The Hall–Kier alpha value is -1.56. The highest BCUT2D eigenvalue weighted by molar-refractivity contribution is 9.10. The lowest BCUT2D eigenvalue weighted by Gasteiger charge is -2.11. The number of carbonyl (C=O) groups excluding carboxylic acids is 1. The number of amides is 1. The molecule has 0 fully saturated rings. The maximum absolute atomic E-state index is 11.5. The zero-order chi connectivity index (χ0) is 13.5. The highest BCUT2D eigenvalue weighted by atomic mass is 79.9. The summed E-state index contributed by atoms with van der Waals surface area (Å²) in [5.74, 6) is -0.970. The third kappa shape index (κ3) is 4.75. The van der Waals surface area contributed by atoms with E-state index >= 15 is 0 Å². The lowest BCUT2D eigenvalue weighted by atomic mass is 10.1. The highest BCUT2D eigenvalue weighted by Gasteiger charge is 2.17. The lowest BCUT2D eigenvalue weighted by molar-refractivity contribution is -0.141. The number of carbonyl (C=O) groups is 2. The van der Waals surface area contributed by atoms with E-state index in [4.69, 9.17) is 9.52 Å². The van der Waals surface area contributed by atoms with Gasteiger partial charge in [0.1, 0.15) is 11.8 Å². The number of rotatable bonds is 6. The molecule has 0 saturated heterocycles. The van der Waals surface area contributed by atoms with Gasteiger partial charge in [-0.3, -0.25) is 4.79 Å². The van der Waals surface area contributed by atoms with Crippen molar-refractivity contribution in [3.8, 4) is 0 Å². The van der Waals surface area contributed by atoms with E-state index in [0.717, 1.165) is 0 Å². The number of nitrogens with one attached hydrogen (secondary N) is 1. The predicted octanol–water partition coefficient (Wildman–Crippen LogP) is 2.42. The van der Waals surface area contributed by atoms with E-state index in [2.05, 4.69) is 21.2 Å². The van der Waals surface area contributed by atoms with Crippen LogP contribution >= 0.6 is 15.9 Å². The molecule has 0 saturated carbocycles. The first-order valence-corrected chi connectivity index (χ1v) is 6.29. The number of hydrogen-bond donors (Lipinski definition) is 2. The van der Waals surface area contributed by atoms with Gasteiger partial charge < -0.3 is 14.8 Å². The fourth-order valence-corrected chi connectivity index (χ4v) is 1.66. The summed E-state index contributed by atoms with van der Waals surface area (Å²) in [5, 5.41) is 11.3. The lowest BCUT2D eigenvalue weighted by Crippen LogP contribution is -2.39. The zero-order valence-electron chi connectivity index (χ0n) is 9.85. The average Bonchev–Trinajstić information content (AvgIpc) is 2.72. The van der Waals surface area contributed by atoms with Crippen LogP contribution in [0.1, 0.15) is 25.5 Å². The normalized spacial score (nSPS) is 12.6. The van der Waals surface area contributed by atoms with Crippen molar-refractivity contribution in [3.63, 3.8) is 0 Å². The third-order valence-electron chi connectivity index (χ3n) is 2.18. The fourth-order valence-electron chi connectivity index (χ4n) is 1.34. The smallest absolute Gasteiger partial charge is 0.326 e. The molecule has 1 unspecified atom stereocenters. The molecule has 0 aliphatic carbocycles. The third-order valence-corrected chi connectivity index (χ3v) is 2.61. The van der Waals surface area contributed by atoms with Gasteiger partial charge in [0.15, 0.2) is 4.67 Å². The molecule has 1 atom stereocenters. The molecular formula is C12H14BrNO4. The summed E-state index contributed by atoms with van der Waals surface area (Å²) in [5.41, 5.74) is 0. The van der Waals surface area contributed by atoms with Gasteiger partial charge in [-0.2, -0.15) is 0 Å². The molecule has 0 spiro atoms. The van der Waals surface area contributed by atoms with Gasteiger partial charge in [-0.1, -0.05) is 13.3 Å². The van der Waals surface area contributed by atoms with Crippen molar-refractivity contribution in [2.75, 3.05) is 0 Å². The van der Waals surface area contributed by atoms with Crippen molar-refractivity contribution in [2.24, 2.45) is 0 Å². The Labute approximate surface area is 113 Å². The maximum Gasteiger partial charge on any atom is 0.326 e. The fraction of sp³-hybridized carbons (Fsp3) is 0.333. The second kappa shape index (κ2) is 7.00. The van der Waals surface area contributed by atoms with Crippen molar-refractivity contribution >= 4 is 33.9 Å².